The number of aryl methyl sites for hydroxylation is 1. The Morgan fingerprint density at radius 2 is 1.83 bits per heavy atom. The van der Waals surface area contributed by atoms with Gasteiger partial charge in [-0.25, -0.2) is 9.37 Å². The van der Waals surface area contributed by atoms with Gasteiger partial charge in [-0.2, -0.15) is 0 Å². The maximum Gasteiger partial charge on any atom is 0.149 e. The Balaban J connectivity index is 2.23. The highest BCUT2D eigenvalue weighted by atomic mass is 19.1. The maximum absolute atomic E-state index is 13.8. The number of hydrogen-bond acceptors (Lipinski definition) is 3. The Labute approximate surface area is 106 Å². The van der Waals surface area contributed by atoms with Crippen molar-refractivity contribution in [2.45, 2.75) is 13.8 Å². The van der Waals surface area contributed by atoms with E-state index in [0.717, 1.165) is 12.4 Å². The van der Waals surface area contributed by atoms with E-state index in [1.165, 1.54) is 0 Å². The molecule has 0 radical (unpaired) electrons. The van der Waals surface area contributed by atoms with Crippen molar-refractivity contribution in [1.82, 2.24) is 4.98 Å². The fourth-order valence-corrected chi connectivity index (χ4v) is 1.67. The summed E-state index contributed by atoms with van der Waals surface area (Å²) in [6.45, 7) is 4.54. The van der Waals surface area contributed by atoms with Crippen LogP contribution in [0.1, 0.15) is 12.5 Å². The molecular weight excluding hydrogens is 229 g/mol. The molecule has 0 aliphatic heterocycles. The number of rotatable bonds is 4. The van der Waals surface area contributed by atoms with Gasteiger partial charge in [-0.05, 0) is 37.6 Å². The second-order valence-electron chi connectivity index (χ2n) is 4.00. The highest BCUT2D eigenvalue weighted by molar-refractivity contribution is 5.59. The number of aromatic nitrogens is 1. The molecule has 0 saturated carbocycles. The van der Waals surface area contributed by atoms with Gasteiger partial charge in [0.2, 0.25) is 0 Å². The molecule has 0 unspecified atom stereocenters. The highest BCUT2D eigenvalue weighted by Crippen LogP contribution is 2.21. The first-order valence-electron chi connectivity index (χ1n) is 5.93. The van der Waals surface area contributed by atoms with Crippen molar-refractivity contribution in [3.05, 3.63) is 47.8 Å². The van der Waals surface area contributed by atoms with Crippen LogP contribution in [0, 0.1) is 12.7 Å². The van der Waals surface area contributed by atoms with Gasteiger partial charge < -0.3 is 10.6 Å². The minimum absolute atomic E-state index is 0.242. The van der Waals surface area contributed by atoms with E-state index in [1.54, 1.807) is 19.1 Å². The third-order valence-corrected chi connectivity index (χ3v) is 2.56. The van der Waals surface area contributed by atoms with Crippen LogP contribution in [-0.2, 0) is 0 Å². The highest BCUT2D eigenvalue weighted by Gasteiger charge is 2.05. The van der Waals surface area contributed by atoms with Crippen LogP contribution >= 0.6 is 0 Å². The summed E-state index contributed by atoms with van der Waals surface area (Å²) in [5.41, 5.74) is 1.05. The Kier molecular flexibility index (Phi) is 3.77. The lowest BCUT2D eigenvalue weighted by atomic mass is 10.2. The molecule has 2 aromatic rings. The van der Waals surface area contributed by atoms with Gasteiger partial charge in [0.15, 0.2) is 0 Å². The van der Waals surface area contributed by atoms with Gasteiger partial charge in [0, 0.05) is 6.54 Å². The van der Waals surface area contributed by atoms with E-state index >= 15 is 0 Å². The molecule has 18 heavy (non-hydrogen) atoms. The predicted octanol–water partition coefficient (Wildman–Crippen LogP) is 3.70. The first kappa shape index (κ1) is 12.4. The van der Waals surface area contributed by atoms with Crippen LogP contribution in [0.2, 0.25) is 0 Å². The molecule has 0 aliphatic carbocycles. The fourth-order valence-electron chi connectivity index (χ4n) is 1.67. The zero-order valence-corrected chi connectivity index (χ0v) is 10.5. The standard InChI is InChI=1S/C14H16FN3/c1-3-16-12-8-5-9-13(18-12)17-11-7-4-6-10(2)14(11)15/h4-9H,3H2,1-2H3,(H2,16,17,18). The fraction of sp³-hybridized carbons (Fsp3) is 0.214. The van der Waals surface area contributed by atoms with Crippen molar-refractivity contribution in [2.24, 2.45) is 0 Å². The minimum Gasteiger partial charge on any atom is -0.370 e. The van der Waals surface area contributed by atoms with Gasteiger partial charge in [-0.1, -0.05) is 18.2 Å². The van der Waals surface area contributed by atoms with Gasteiger partial charge in [0.25, 0.3) is 0 Å². The Bertz CT molecular complexity index is 540. The van der Waals surface area contributed by atoms with E-state index in [2.05, 4.69) is 15.6 Å². The molecule has 2 N–H and O–H groups in total. The molecule has 0 fully saturated rings. The number of benzene rings is 1. The molecule has 0 aliphatic rings. The minimum atomic E-state index is -0.242. The molecular formula is C14H16FN3. The van der Waals surface area contributed by atoms with E-state index in [0.29, 0.717) is 17.1 Å². The van der Waals surface area contributed by atoms with Crippen LogP contribution < -0.4 is 10.6 Å². The van der Waals surface area contributed by atoms with Crippen molar-refractivity contribution in [1.29, 1.82) is 0 Å². The third-order valence-electron chi connectivity index (χ3n) is 2.56. The largest absolute Gasteiger partial charge is 0.370 e. The van der Waals surface area contributed by atoms with E-state index in [-0.39, 0.29) is 5.82 Å². The maximum atomic E-state index is 13.8. The number of nitrogens with one attached hydrogen (secondary N) is 2. The van der Waals surface area contributed by atoms with Crippen molar-refractivity contribution >= 4 is 17.3 Å². The molecule has 1 aromatic heterocycles. The lowest BCUT2D eigenvalue weighted by molar-refractivity contribution is 0.622. The third kappa shape index (κ3) is 2.77. The van der Waals surface area contributed by atoms with E-state index in [9.17, 15) is 4.39 Å². The lowest BCUT2D eigenvalue weighted by Gasteiger charge is -2.09. The number of anilines is 3. The molecule has 94 valence electrons. The quantitative estimate of drug-likeness (QED) is 0.862. The monoisotopic (exact) mass is 245 g/mol. The molecule has 0 spiro atoms. The predicted molar refractivity (Wildman–Crippen MR) is 72.8 cm³/mol. The van der Waals surface area contributed by atoms with Gasteiger partial charge in [-0.15, -0.1) is 0 Å². The molecule has 0 amide bonds. The van der Waals surface area contributed by atoms with Crippen LogP contribution in [0.3, 0.4) is 0 Å². The summed E-state index contributed by atoms with van der Waals surface area (Å²) in [5, 5.41) is 6.10. The zero-order chi connectivity index (χ0) is 13.0. The van der Waals surface area contributed by atoms with Gasteiger partial charge >= 0.3 is 0 Å². The second kappa shape index (κ2) is 5.49. The SMILES string of the molecule is CCNc1cccc(Nc2cccc(C)c2F)n1. The Morgan fingerprint density at radius 3 is 2.61 bits per heavy atom. The van der Waals surface area contributed by atoms with Crippen LogP contribution in [0.15, 0.2) is 36.4 Å². The average Bonchev–Trinajstić information content (AvgIpc) is 2.36. The summed E-state index contributed by atoms with van der Waals surface area (Å²) in [6.07, 6.45) is 0. The topological polar surface area (TPSA) is 37.0 Å². The zero-order valence-electron chi connectivity index (χ0n) is 10.5. The van der Waals surface area contributed by atoms with E-state index < -0.39 is 0 Å². The molecule has 0 saturated heterocycles. The first-order valence-corrected chi connectivity index (χ1v) is 5.93. The normalized spacial score (nSPS) is 10.2. The number of hydrogen-bond donors (Lipinski definition) is 2. The molecule has 3 nitrogen and oxygen atoms in total. The second-order valence-corrected chi connectivity index (χ2v) is 4.00. The lowest BCUT2D eigenvalue weighted by Crippen LogP contribution is -2.02. The van der Waals surface area contributed by atoms with Crippen LogP contribution in [-0.4, -0.2) is 11.5 Å². The summed E-state index contributed by atoms with van der Waals surface area (Å²) in [6, 6.07) is 10.8. The van der Waals surface area contributed by atoms with Crippen molar-refractivity contribution in [3.63, 3.8) is 0 Å². The summed E-state index contributed by atoms with van der Waals surface area (Å²) in [5.74, 6) is 1.15. The van der Waals surface area contributed by atoms with Crippen LogP contribution in [0.5, 0.6) is 0 Å². The average molecular weight is 245 g/mol. The molecule has 1 heterocycles. The molecule has 0 bridgehead atoms. The first-order chi connectivity index (χ1) is 8.70. The molecule has 4 heteroatoms. The summed E-state index contributed by atoms with van der Waals surface area (Å²) >= 11 is 0. The Hall–Kier alpha value is -2.10. The van der Waals surface area contributed by atoms with Crippen molar-refractivity contribution in [2.75, 3.05) is 17.2 Å². The Morgan fingerprint density at radius 1 is 1.11 bits per heavy atom. The number of halogens is 1. The number of pyridine rings is 1. The van der Waals surface area contributed by atoms with Gasteiger partial charge in [0.05, 0.1) is 5.69 Å². The van der Waals surface area contributed by atoms with Crippen molar-refractivity contribution < 1.29 is 4.39 Å². The molecule has 2 rings (SSSR count). The van der Waals surface area contributed by atoms with E-state index in [1.807, 2.05) is 31.2 Å². The summed E-state index contributed by atoms with van der Waals surface area (Å²) < 4.78 is 13.8. The van der Waals surface area contributed by atoms with E-state index in [4.69, 9.17) is 0 Å². The van der Waals surface area contributed by atoms with Gasteiger partial charge in [0.1, 0.15) is 17.5 Å². The van der Waals surface area contributed by atoms with Crippen LogP contribution in [0.4, 0.5) is 21.7 Å². The summed E-state index contributed by atoms with van der Waals surface area (Å²) in [7, 11) is 0. The number of nitrogens with zero attached hydrogens (tertiary/aromatic N) is 1. The van der Waals surface area contributed by atoms with Crippen molar-refractivity contribution in [3.8, 4) is 0 Å². The molecule has 0 atom stereocenters. The van der Waals surface area contributed by atoms with Crippen LogP contribution in [0.25, 0.3) is 0 Å². The molecule has 1 aromatic carbocycles. The summed E-state index contributed by atoms with van der Waals surface area (Å²) in [4.78, 5) is 4.34. The van der Waals surface area contributed by atoms with Gasteiger partial charge in [-0.3, -0.25) is 0 Å². The smallest absolute Gasteiger partial charge is 0.149 e.